The lowest BCUT2D eigenvalue weighted by Gasteiger charge is -2.24. The number of hydrogen-bond donors (Lipinski definition) is 1. The van der Waals surface area contributed by atoms with Crippen molar-refractivity contribution in [2.45, 2.75) is 50.2 Å². The van der Waals surface area contributed by atoms with E-state index in [4.69, 9.17) is 9.47 Å². The molecule has 0 aliphatic heterocycles. The number of fused-ring (bicyclic) bond motifs is 1. The lowest BCUT2D eigenvalue weighted by molar-refractivity contribution is 0.0854. The smallest absolute Gasteiger partial charge is 0.411 e. The zero-order valence-corrected chi connectivity index (χ0v) is 31.2. The molecule has 0 radical (unpaired) electrons. The van der Waals surface area contributed by atoms with Crippen LogP contribution in [0.2, 0.25) is 0 Å². The summed E-state index contributed by atoms with van der Waals surface area (Å²) in [4.78, 5) is 43.7. The van der Waals surface area contributed by atoms with Crippen molar-refractivity contribution in [1.82, 2.24) is 8.87 Å². The van der Waals surface area contributed by atoms with Crippen LogP contribution in [0.5, 0.6) is 5.75 Å². The fourth-order valence-electron chi connectivity index (χ4n) is 6.88. The Hall–Kier alpha value is -6.40. The lowest BCUT2D eigenvalue weighted by Crippen LogP contribution is -2.37. The molecule has 6 aromatic rings. The van der Waals surface area contributed by atoms with Crippen LogP contribution in [-0.2, 0) is 21.3 Å². The number of amides is 3. The van der Waals surface area contributed by atoms with E-state index in [1.807, 2.05) is 60.7 Å². The number of ether oxygens (including phenoxy) is 2. The number of carbonyl (C=O) groups is 3. The third-order valence-corrected chi connectivity index (χ3v) is 11.5. The second kappa shape index (κ2) is 15.9. The number of methoxy groups -OCH3 is 1. The highest BCUT2D eigenvalue weighted by atomic mass is 32.2. The first kappa shape index (κ1) is 36.9. The van der Waals surface area contributed by atoms with Crippen LogP contribution in [0.4, 0.5) is 26.7 Å². The van der Waals surface area contributed by atoms with Gasteiger partial charge in [0.25, 0.3) is 15.9 Å². The SMILES string of the molecule is COc1cccc(C(=O)N(Cc2cn(C(=O)N(c3ccccc3)c3ccccc3)c3ccc(NC(=O)OC4CCCC4)cc23)S(=O)(=O)c2ccccc2C)c1. The predicted octanol–water partition coefficient (Wildman–Crippen LogP) is 9.29. The van der Waals surface area contributed by atoms with Gasteiger partial charge in [-0.25, -0.2) is 22.3 Å². The van der Waals surface area contributed by atoms with E-state index < -0.39 is 34.6 Å². The molecule has 1 aliphatic rings. The Morgan fingerprint density at radius 1 is 0.800 bits per heavy atom. The highest BCUT2D eigenvalue weighted by Gasteiger charge is 2.33. The van der Waals surface area contributed by atoms with E-state index in [0.29, 0.717) is 44.8 Å². The van der Waals surface area contributed by atoms with Crippen LogP contribution in [0.3, 0.4) is 0 Å². The number of sulfonamides is 1. The number of carbonyl (C=O) groups excluding carboxylic acids is 3. The molecule has 0 bridgehead atoms. The first-order valence-electron chi connectivity index (χ1n) is 18.0. The van der Waals surface area contributed by atoms with E-state index in [2.05, 4.69) is 5.32 Å². The number of nitrogens with one attached hydrogen (secondary N) is 1. The summed E-state index contributed by atoms with van der Waals surface area (Å²) in [6.45, 7) is 1.21. The molecule has 7 rings (SSSR count). The molecule has 0 saturated heterocycles. The molecule has 280 valence electrons. The summed E-state index contributed by atoms with van der Waals surface area (Å²) >= 11 is 0. The first-order valence-corrected chi connectivity index (χ1v) is 19.4. The Morgan fingerprint density at radius 3 is 2.11 bits per heavy atom. The number of aromatic nitrogens is 1. The Kier molecular flexibility index (Phi) is 10.7. The molecule has 1 N–H and O–H groups in total. The second-order valence-electron chi connectivity index (χ2n) is 13.3. The summed E-state index contributed by atoms with van der Waals surface area (Å²) in [5.74, 6) is -0.414. The maximum atomic E-state index is 14.8. The normalized spacial score (nSPS) is 13.0. The molecular formula is C43H40N4O7S. The van der Waals surface area contributed by atoms with Gasteiger partial charge in [0, 0.05) is 22.8 Å². The number of rotatable bonds is 10. The maximum Gasteiger partial charge on any atom is 0.411 e. The predicted molar refractivity (Wildman–Crippen MR) is 211 cm³/mol. The van der Waals surface area contributed by atoms with Gasteiger partial charge in [0.05, 0.1) is 35.4 Å². The summed E-state index contributed by atoms with van der Waals surface area (Å²) in [7, 11) is -3.01. The molecule has 0 spiro atoms. The quantitative estimate of drug-likeness (QED) is 0.148. The highest BCUT2D eigenvalue weighted by Crippen LogP contribution is 2.33. The van der Waals surface area contributed by atoms with E-state index in [-0.39, 0.29) is 16.6 Å². The molecule has 1 aliphatic carbocycles. The van der Waals surface area contributed by atoms with Crippen LogP contribution in [-0.4, -0.2) is 48.5 Å². The van der Waals surface area contributed by atoms with Crippen LogP contribution in [0.25, 0.3) is 10.9 Å². The second-order valence-corrected chi connectivity index (χ2v) is 15.1. The van der Waals surface area contributed by atoms with Gasteiger partial charge in [-0.05, 0) is 110 Å². The first-order chi connectivity index (χ1) is 26.6. The third kappa shape index (κ3) is 7.81. The van der Waals surface area contributed by atoms with Gasteiger partial charge in [0.2, 0.25) is 0 Å². The van der Waals surface area contributed by atoms with Crippen molar-refractivity contribution < 1.29 is 32.3 Å². The number of anilines is 3. The number of aryl methyl sites for hydroxylation is 1. The van der Waals surface area contributed by atoms with Crippen LogP contribution in [0, 0.1) is 6.92 Å². The molecule has 0 unspecified atom stereocenters. The molecule has 3 amide bonds. The van der Waals surface area contributed by atoms with Crippen molar-refractivity contribution in [3.63, 3.8) is 0 Å². The summed E-state index contributed by atoms with van der Waals surface area (Å²) < 4.78 is 42.4. The van der Waals surface area contributed by atoms with Crippen molar-refractivity contribution in [1.29, 1.82) is 0 Å². The van der Waals surface area contributed by atoms with Gasteiger partial charge >= 0.3 is 12.1 Å². The van der Waals surface area contributed by atoms with E-state index >= 15 is 0 Å². The third-order valence-electron chi connectivity index (χ3n) is 9.65. The average Bonchev–Trinajstić information content (AvgIpc) is 3.85. The molecule has 1 aromatic heterocycles. The van der Waals surface area contributed by atoms with E-state index in [0.717, 1.165) is 30.0 Å². The maximum absolute atomic E-state index is 14.8. The van der Waals surface area contributed by atoms with Crippen LogP contribution in [0.1, 0.15) is 47.2 Å². The Bertz CT molecular complexity index is 2420. The molecule has 11 nitrogen and oxygen atoms in total. The molecule has 5 aromatic carbocycles. The molecule has 1 fully saturated rings. The fraction of sp³-hybridized carbons (Fsp3) is 0.186. The van der Waals surface area contributed by atoms with Crippen molar-refractivity contribution in [2.24, 2.45) is 0 Å². The summed E-state index contributed by atoms with van der Waals surface area (Å²) in [5, 5.41) is 3.24. The molecule has 0 atom stereocenters. The van der Waals surface area contributed by atoms with Gasteiger partial charge in [-0.15, -0.1) is 0 Å². The van der Waals surface area contributed by atoms with E-state index in [1.165, 1.54) is 29.9 Å². The van der Waals surface area contributed by atoms with E-state index in [1.54, 1.807) is 66.6 Å². The molecule has 55 heavy (non-hydrogen) atoms. The zero-order chi connectivity index (χ0) is 38.5. The standard InChI is InChI=1S/C43H40N4O7S/c1-30-14-9-12-23-40(30)55(51,52)46(41(48)31-15-13-22-37(26-31)53-2)29-32-28-45(43(50)47(34-16-5-3-6-17-34)35-18-7-4-8-19-35)39-25-24-33(27-38(32)39)44-42(49)54-36-20-10-11-21-36/h3-9,12-19,22-28,36H,10-11,20-21,29H2,1-2H3,(H,44,49). The average molecular weight is 757 g/mol. The van der Waals surface area contributed by atoms with Gasteiger partial charge in [-0.3, -0.25) is 19.6 Å². The van der Waals surface area contributed by atoms with Crippen molar-refractivity contribution in [2.75, 3.05) is 17.3 Å². The largest absolute Gasteiger partial charge is 0.497 e. The van der Waals surface area contributed by atoms with Crippen LogP contribution < -0.4 is 15.0 Å². The van der Waals surface area contributed by atoms with Crippen molar-refractivity contribution >= 4 is 56.0 Å². The lowest BCUT2D eigenvalue weighted by atomic mass is 10.1. The van der Waals surface area contributed by atoms with Crippen molar-refractivity contribution in [3.8, 4) is 5.75 Å². The van der Waals surface area contributed by atoms with Gasteiger partial charge in [0.1, 0.15) is 11.9 Å². The van der Waals surface area contributed by atoms with Crippen molar-refractivity contribution in [3.05, 3.63) is 150 Å². The minimum atomic E-state index is -4.47. The fourth-order valence-corrected chi connectivity index (χ4v) is 8.48. The van der Waals surface area contributed by atoms with E-state index in [9.17, 15) is 22.8 Å². The molecule has 12 heteroatoms. The topological polar surface area (TPSA) is 127 Å². The number of benzene rings is 5. The van der Waals surface area contributed by atoms with Crippen LogP contribution >= 0.6 is 0 Å². The van der Waals surface area contributed by atoms with Crippen LogP contribution in [0.15, 0.2) is 138 Å². The summed E-state index contributed by atoms with van der Waals surface area (Å²) in [5.41, 5.74) is 2.89. The van der Waals surface area contributed by atoms with Gasteiger partial charge in [-0.1, -0.05) is 60.7 Å². The number of hydrogen-bond acceptors (Lipinski definition) is 7. The van der Waals surface area contributed by atoms with Gasteiger partial charge in [0.15, 0.2) is 0 Å². The molecule has 1 heterocycles. The minimum Gasteiger partial charge on any atom is -0.497 e. The Balaban J connectivity index is 1.37. The Labute approximate surface area is 319 Å². The summed E-state index contributed by atoms with van der Waals surface area (Å²) in [6.07, 6.45) is 4.36. The Morgan fingerprint density at radius 2 is 1.45 bits per heavy atom. The molecule has 1 saturated carbocycles. The van der Waals surface area contributed by atoms with Gasteiger partial charge < -0.3 is 9.47 Å². The minimum absolute atomic E-state index is 0.0394. The zero-order valence-electron chi connectivity index (χ0n) is 30.4. The number of para-hydroxylation sites is 2. The summed E-state index contributed by atoms with van der Waals surface area (Å²) in [6, 6.07) is 35.6. The highest BCUT2D eigenvalue weighted by molar-refractivity contribution is 7.89. The molecular weight excluding hydrogens is 717 g/mol. The monoisotopic (exact) mass is 756 g/mol. The number of nitrogens with zero attached hydrogens (tertiary/aromatic N) is 3. The van der Waals surface area contributed by atoms with Gasteiger partial charge in [-0.2, -0.15) is 0 Å².